The number of aromatic nitrogens is 1. The maximum atomic E-state index is 12.6. The van der Waals surface area contributed by atoms with Gasteiger partial charge in [0.05, 0.1) is 5.51 Å². The Kier molecular flexibility index (Phi) is 6.41. The predicted molar refractivity (Wildman–Crippen MR) is 71.9 cm³/mol. The Labute approximate surface area is 120 Å². The molecule has 0 spiro atoms. The molecular weight excluding hydrogens is 291 g/mol. The Morgan fingerprint density at radius 2 is 2.05 bits per heavy atom. The van der Waals surface area contributed by atoms with Crippen LogP contribution in [0.5, 0.6) is 0 Å². The third-order valence-electron chi connectivity index (χ3n) is 2.87. The molecule has 4 nitrogen and oxygen atoms in total. The van der Waals surface area contributed by atoms with Gasteiger partial charge in [-0.3, -0.25) is 4.79 Å². The molecule has 0 fully saturated rings. The maximum Gasteiger partial charge on any atom is 0.434 e. The van der Waals surface area contributed by atoms with Gasteiger partial charge in [0, 0.05) is 6.54 Å². The highest BCUT2D eigenvalue weighted by atomic mass is 32.1. The zero-order valence-corrected chi connectivity index (χ0v) is 12.3. The summed E-state index contributed by atoms with van der Waals surface area (Å²) in [6.45, 7) is 7.06. The first-order valence-electron chi connectivity index (χ1n) is 6.41. The second-order valence-corrected chi connectivity index (χ2v) is 5.02. The number of hydrogen-bond acceptors (Lipinski definition) is 4. The molecule has 0 aliphatic rings. The van der Waals surface area contributed by atoms with Gasteiger partial charge in [0.2, 0.25) is 0 Å². The topological polar surface area (TPSA) is 45.2 Å². The lowest BCUT2D eigenvalue weighted by Gasteiger charge is -2.17. The first-order chi connectivity index (χ1) is 9.40. The summed E-state index contributed by atoms with van der Waals surface area (Å²) in [7, 11) is 0. The summed E-state index contributed by atoms with van der Waals surface area (Å²) in [5, 5.41) is 2.51. The van der Waals surface area contributed by atoms with Crippen LogP contribution in [-0.2, 0) is 6.18 Å². The van der Waals surface area contributed by atoms with Crippen LogP contribution in [0, 0.1) is 0 Å². The normalized spacial score (nSPS) is 11.9. The molecule has 1 N–H and O–H groups in total. The number of rotatable bonds is 7. The van der Waals surface area contributed by atoms with Crippen molar-refractivity contribution in [3.63, 3.8) is 0 Å². The first kappa shape index (κ1) is 16.9. The zero-order chi connectivity index (χ0) is 15.2. The van der Waals surface area contributed by atoms with Crippen molar-refractivity contribution in [2.75, 3.05) is 26.2 Å². The third-order valence-corrected chi connectivity index (χ3v) is 3.70. The average molecular weight is 309 g/mol. The fourth-order valence-corrected chi connectivity index (χ4v) is 2.46. The Hall–Kier alpha value is -1.15. The van der Waals surface area contributed by atoms with Gasteiger partial charge in [0.15, 0.2) is 5.69 Å². The number of thiazole rings is 1. The van der Waals surface area contributed by atoms with E-state index in [1.54, 1.807) is 0 Å². The van der Waals surface area contributed by atoms with Gasteiger partial charge in [-0.05, 0) is 26.1 Å². The molecule has 20 heavy (non-hydrogen) atoms. The van der Waals surface area contributed by atoms with Gasteiger partial charge in [0.25, 0.3) is 5.91 Å². The van der Waals surface area contributed by atoms with E-state index in [0.29, 0.717) is 24.3 Å². The van der Waals surface area contributed by atoms with Crippen molar-refractivity contribution in [2.24, 2.45) is 0 Å². The van der Waals surface area contributed by atoms with Crippen LogP contribution in [0.15, 0.2) is 5.51 Å². The lowest BCUT2D eigenvalue weighted by atomic mass is 10.3. The predicted octanol–water partition coefficient (Wildman–Crippen LogP) is 2.62. The zero-order valence-electron chi connectivity index (χ0n) is 11.5. The van der Waals surface area contributed by atoms with Gasteiger partial charge in [-0.2, -0.15) is 13.2 Å². The lowest BCUT2D eigenvalue weighted by molar-refractivity contribution is -0.141. The summed E-state index contributed by atoms with van der Waals surface area (Å²) in [5.41, 5.74) is -0.0723. The van der Waals surface area contributed by atoms with Crippen LogP contribution >= 0.6 is 11.3 Å². The van der Waals surface area contributed by atoms with E-state index < -0.39 is 17.8 Å². The number of alkyl halides is 3. The third kappa shape index (κ3) is 4.75. The minimum absolute atomic E-state index is 0.352. The summed E-state index contributed by atoms with van der Waals surface area (Å²) in [6, 6.07) is 0. The molecule has 0 atom stereocenters. The van der Waals surface area contributed by atoms with Gasteiger partial charge in [0.1, 0.15) is 4.88 Å². The van der Waals surface area contributed by atoms with Gasteiger partial charge in [-0.15, -0.1) is 11.3 Å². The average Bonchev–Trinajstić information content (AvgIpc) is 2.88. The quantitative estimate of drug-likeness (QED) is 0.788. The smallest absolute Gasteiger partial charge is 0.351 e. The molecule has 0 aliphatic heterocycles. The summed E-state index contributed by atoms with van der Waals surface area (Å²) in [4.78, 5) is 16.7. The highest BCUT2D eigenvalue weighted by Gasteiger charge is 2.38. The molecule has 1 aromatic rings. The Balaban J connectivity index is 2.46. The van der Waals surface area contributed by atoms with Crippen LogP contribution in [-0.4, -0.2) is 42.0 Å². The molecule has 1 rings (SSSR count). The van der Waals surface area contributed by atoms with Crippen LogP contribution in [0.3, 0.4) is 0 Å². The number of carbonyl (C=O) groups is 1. The van der Waals surface area contributed by atoms with Crippen LogP contribution < -0.4 is 5.32 Å². The molecule has 1 aromatic heterocycles. The number of nitrogens with zero attached hydrogens (tertiary/aromatic N) is 2. The largest absolute Gasteiger partial charge is 0.434 e. The van der Waals surface area contributed by atoms with Gasteiger partial charge >= 0.3 is 6.18 Å². The van der Waals surface area contributed by atoms with Crippen molar-refractivity contribution in [1.82, 2.24) is 15.2 Å². The Bertz CT molecular complexity index is 430. The fraction of sp³-hybridized carbons (Fsp3) is 0.667. The van der Waals surface area contributed by atoms with Crippen molar-refractivity contribution in [2.45, 2.75) is 26.4 Å². The van der Waals surface area contributed by atoms with Gasteiger partial charge in [-0.1, -0.05) is 13.8 Å². The fourth-order valence-electron chi connectivity index (χ4n) is 1.73. The Morgan fingerprint density at radius 3 is 2.60 bits per heavy atom. The summed E-state index contributed by atoms with van der Waals surface area (Å²) in [6.07, 6.45) is -3.89. The maximum absolute atomic E-state index is 12.6. The number of halogens is 3. The minimum atomic E-state index is -4.59. The van der Waals surface area contributed by atoms with Gasteiger partial charge < -0.3 is 10.2 Å². The molecule has 0 unspecified atom stereocenters. The summed E-state index contributed by atoms with van der Waals surface area (Å²) < 4.78 is 37.8. The molecule has 0 radical (unpaired) electrons. The van der Waals surface area contributed by atoms with Gasteiger partial charge in [-0.25, -0.2) is 4.98 Å². The van der Waals surface area contributed by atoms with Crippen LogP contribution in [0.4, 0.5) is 13.2 Å². The van der Waals surface area contributed by atoms with E-state index in [2.05, 4.69) is 15.2 Å². The van der Waals surface area contributed by atoms with E-state index >= 15 is 0 Å². The first-order valence-corrected chi connectivity index (χ1v) is 7.29. The number of hydrogen-bond donors (Lipinski definition) is 1. The molecule has 114 valence electrons. The molecule has 0 aliphatic carbocycles. The second-order valence-electron chi connectivity index (χ2n) is 4.16. The van der Waals surface area contributed by atoms with E-state index in [0.717, 1.165) is 25.1 Å². The van der Waals surface area contributed by atoms with E-state index in [-0.39, 0.29) is 4.88 Å². The number of carbonyl (C=O) groups excluding carboxylic acids is 1. The SMILES string of the molecule is CCN(CC)CCCNC(=O)c1scnc1C(F)(F)F. The Morgan fingerprint density at radius 1 is 1.40 bits per heavy atom. The summed E-state index contributed by atoms with van der Waals surface area (Å²) in [5.74, 6) is -0.709. The molecule has 0 aromatic carbocycles. The van der Waals surface area contributed by atoms with Crippen molar-refractivity contribution in [3.8, 4) is 0 Å². The summed E-state index contributed by atoms with van der Waals surface area (Å²) >= 11 is 0.704. The molecule has 0 saturated carbocycles. The van der Waals surface area contributed by atoms with E-state index in [1.165, 1.54) is 0 Å². The number of nitrogens with one attached hydrogen (secondary N) is 1. The molecule has 1 amide bonds. The highest BCUT2D eigenvalue weighted by molar-refractivity contribution is 7.11. The highest BCUT2D eigenvalue weighted by Crippen LogP contribution is 2.32. The van der Waals surface area contributed by atoms with E-state index in [9.17, 15) is 18.0 Å². The minimum Gasteiger partial charge on any atom is -0.351 e. The number of amides is 1. The van der Waals surface area contributed by atoms with Crippen molar-refractivity contribution in [3.05, 3.63) is 16.1 Å². The van der Waals surface area contributed by atoms with Crippen molar-refractivity contribution < 1.29 is 18.0 Å². The van der Waals surface area contributed by atoms with E-state index in [1.807, 2.05) is 13.8 Å². The van der Waals surface area contributed by atoms with Crippen LogP contribution in [0.2, 0.25) is 0 Å². The van der Waals surface area contributed by atoms with Crippen LogP contribution in [0.1, 0.15) is 35.6 Å². The molecule has 0 saturated heterocycles. The van der Waals surface area contributed by atoms with Crippen molar-refractivity contribution >= 4 is 17.2 Å². The molecule has 0 bridgehead atoms. The second kappa shape index (κ2) is 7.58. The monoisotopic (exact) mass is 309 g/mol. The molecule has 1 heterocycles. The molecule has 8 heteroatoms. The van der Waals surface area contributed by atoms with Crippen molar-refractivity contribution in [1.29, 1.82) is 0 Å². The molecular formula is C12H18F3N3OS. The standard InChI is InChI=1S/C12H18F3N3OS/c1-3-18(4-2)7-5-6-16-11(19)9-10(12(13,14)15)17-8-20-9/h8H,3-7H2,1-2H3,(H,16,19). The van der Waals surface area contributed by atoms with E-state index in [4.69, 9.17) is 0 Å². The lowest BCUT2D eigenvalue weighted by Crippen LogP contribution is -2.30. The van der Waals surface area contributed by atoms with Crippen LogP contribution in [0.25, 0.3) is 0 Å².